The van der Waals surface area contributed by atoms with Crippen LogP contribution in [0.25, 0.3) is 11.0 Å². The molecule has 33 heavy (non-hydrogen) atoms. The molecule has 0 atom stereocenters. The van der Waals surface area contributed by atoms with Crippen molar-refractivity contribution < 1.29 is 27.8 Å². The first-order valence-electron chi connectivity index (χ1n) is 9.50. The quantitative estimate of drug-likeness (QED) is 0.166. The molecule has 172 valence electrons. The third kappa shape index (κ3) is 5.54. The number of nitrogen functional groups attached to an aromatic ring is 1. The van der Waals surface area contributed by atoms with Gasteiger partial charge in [-0.2, -0.15) is 13.2 Å². The molecule has 0 saturated carbocycles. The molecule has 9 nitrogen and oxygen atoms in total. The molecule has 0 bridgehead atoms. The SMILES string of the molecule is CN(C)C(=N)c1ccc(NC(=O)/C(=C/C(=N)C(F)(F)F)[NH2+]c2ccc3onc(N)c3c2)cc1. The van der Waals surface area contributed by atoms with Crippen molar-refractivity contribution in [3.63, 3.8) is 0 Å². The number of benzene rings is 2. The number of aromatic nitrogens is 1. The van der Waals surface area contributed by atoms with Crippen molar-refractivity contribution in [1.29, 1.82) is 10.8 Å². The van der Waals surface area contributed by atoms with Gasteiger partial charge in [-0.05, 0) is 30.3 Å². The lowest BCUT2D eigenvalue weighted by atomic mass is 10.1. The fourth-order valence-electron chi connectivity index (χ4n) is 2.83. The van der Waals surface area contributed by atoms with Crippen LogP contribution >= 0.6 is 0 Å². The molecule has 1 amide bonds. The van der Waals surface area contributed by atoms with Crippen LogP contribution in [0.3, 0.4) is 0 Å². The lowest BCUT2D eigenvalue weighted by molar-refractivity contribution is -0.510. The highest BCUT2D eigenvalue weighted by Gasteiger charge is 2.34. The van der Waals surface area contributed by atoms with Gasteiger partial charge in [0.2, 0.25) is 5.70 Å². The Morgan fingerprint density at radius 2 is 1.85 bits per heavy atom. The van der Waals surface area contributed by atoms with E-state index in [1.54, 1.807) is 31.1 Å². The van der Waals surface area contributed by atoms with Crippen molar-refractivity contribution in [2.24, 2.45) is 0 Å². The minimum Gasteiger partial charge on any atom is -0.380 e. The summed E-state index contributed by atoms with van der Waals surface area (Å²) < 4.78 is 43.9. The molecule has 0 aliphatic carbocycles. The second-order valence-corrected chi connectivity index (χ2v) is 7.25. The van der Waals surface area contributed by atoms with Crippen LogP contribution in [0, 0.1) is 10.8 Å². The van der Waals surface area contributed by atoms with Crippen LogP contribution in [0.1, 0.15) is 5.56 Å². The number of amides is 1. The zero-order valence-electron chi connectivity index (χ0n) is 17.6. The molecule has 1 aromatic heterocycles. The molecule has 0 spiro atoms. The third-order valence-electron chi connectivity index (χ3n) is 4.57. The zero-order chi connectivity index (χ0) is 24.3. The van der Waals surface area contributed by atoms with E-state index in [0.29, 0.717) is 34.0 Å². The van der Waals surface area contributed by atoms with Gasteiger partial charge in [0, 0.05) is 43.6 Å². The first-order chi connectivity index (χ1) is 15.5. The number of nitrogens with one attached hydrogen (secondary N) is 3. The van der Waals surface area contributed by atoms with Crippen LogP contribution in [-0.4, -0.2) is 47.8 Å². The Labute approximate surface area is 186 Å². The molecule has 0 fully saturated rings. The largest absolute Gasteiger partial charge is 0.432 e. The van der Waals surface area contributed by atoms with E-state index in [2.05, 4.69) is 10.5 Å². The molecule has 3 aromatic rings. The van der Waals surface area contributed by atoms with Crippen molar-refractivity contribution in [3.05, 3.63) is 59.8 Å². The Hall–Kier alpha value is -4.19. The van der Waals surface area contributed by atoms with Crippen molar-refractivity contribution in [2.75, 3.05) is 25.1 Å². The maximum absolute atomic E-state index is 13.0. The van der Waals surface area contributed by atoms with Crippen LogP contribution in [0.4, 0.5) is 30.4 Å². The van der Waals surface area contributed by atoms with Gasteiger partial charge in [0.1, 0.15) is 17.2 Å². The number of amidine groups is 1. The minimum absolute atomic E-state index is 0.0987. The number of fused-ring (bicyclic) bond motifs is 1. The van der Waals surface area contributed by atoms with Gasteiger partial charge in [0.15, 0.2) is 11.4 Å². The van der Waals surface area contributed by atoms with Crippen LogP contribution in [-0.2, 0) is 4.79 Å². The summed E-state index contributed by atoms with van der Waals surface area (Å²) in [5.41, 5.74) is 5.30. The Kier molecular flexibility index (Phi) is 6.49. The highest BCUT2D eigenvalue weighted by atomic mass is 19.4. The predicted octanol–water partition coefficient (Wildman–Crippen LogP) is 2.60. The number of carbonyl (C=O) groups excluding carboxylic acids is 1. The summed E-state index contributed by atoms with van der Waals surface area (Å²) in [5.74, 6) is -0.497. The van der Waals surface area contributed by atoms with Gasteiger partial charge in [-0.15, -0.1) is 0 Å². The molecular formula is C21H21F3N7O2+. The van der Waals surface area contributed by atoms with Gasteiger partial charge in [-0.1, -0.05) is 5.16 Å². The second kappa shape index (κ2) is 9.12. The number of alkyl halides is 3. The van der Waals surface area contributed by atoms with Crippen LogP contribution < -0.4 is 16.4 Å². The molecule has 2 aromatic carbocycles. The van der Waals surface area contributed by atoms with E-state index in [4.69, 9.17) is 21.1 Å². The third-order valence-corrected chi connectivity index (χ3v) is 4.57. The van der Waals surface area contributed by atoms with Crippen molar-refractivity contribution in [1.82, 2.24) is 10.1 Å². The predicted molar refractivity (Wildman–Crippen MR) is 117 cm³/mol. The van der Waals surface area contributed by atoms with Gasteiger partial charge in [-0.25, -0.2) is 0 Å². The van der Waals surface area contributed by atoms with Crippen molar-refractivity contribution in [3.8, 4) is 0 Å². The Bertz CT molecular complexity index is 1240. The first kappa shape index (κ1) is 23.5. The van der Waals surface area contributed by atoms with Crippen molar-refractivity contribution in [2.45, 2.75) is 6.18 Å². The number of hydrogen-bond acceptors (Lipinski definition) is 6. The number of quaternary nitrogens is 1. The summed E-state index contributed by atoms with van der Waals surface area (Å²) in [7, 11) is 3.43. The lowest BCUT2D eigenvalue weighted by Crippen LogP contribution is -2.78. The highest BCUT2D eigenvalue weighted by molar-refractivity contribution is 6.08. The Morgan fingerprint density at radius 3 is 2.45 bits per heavy atom. The summed E-state index contributed by atoms with van der Waals surface area (Å²) >= 11 is 0. The van der Waals surface area contributed by atoms with Gasteiger partial charge >= 0.3 is 12.1 Å². The molecule has 3 rings (SSSR count). The fraction of sp³-hybridized carbons (Fsp3) is 0.143. The Balaban J connectivity index is 1.87. The summed E-state index contributed by atoms with van der Waals surface area (Å²) in [6.07, 6.45) is -4.47. The number of allylic oxidation sites excluding steroid dienone is 1. The normalized spacial score (nSPS) is 12.0. The minimum atomic E-state index is -4.92. The topological polar surface area (TPSA) is 149 Å². The number of nitrogens with two attached hydrogens (primary N) is 2. The lowest BCUT2D eigenvalue weighted by Gasteiger charge is -2.14. The molecule has 7 N–H and O–H groups in total. The number of nitrogens with zero attached hydrogens (tertiary/aromatic N) is 2. The molecular weight excluding hydrogens is 439 g/mol. The smallest absolute Gasteiger partial charge is 0.380 e. The number of halogens is 3. The molecule has 0 unspecified atom stereocenters. The number of anilines is 2. The molecule has 0 aliphatic rings. The van der Waals surface area contributed by atoms with Crippen LogP contribution in [0.15, 0.2) is 58.8 Å². The molecule has 1 heterocycles. The molecule has 12 heteroatoms. The van der Waals surface area contributed by atoms with E-state index in [0.717, 1.165) is 0 Å². The maximum atomic E-state index is 13.0. The van der Waals surface area contributed by atoms with Crippen LogP contribution in [0.2, 0.25) is 0 Å². The Morgan fingerprint density at radius 1 is 1.18 bits per heavy atom. The summed E-state index contributed by atoms with van der Waals surface area (Å²) in [4.78, 5) is 14.4. The monoisotopic (exact) mass is 460 g/mol. The molecule has 0 saturated heterocycles. The van der Waals surface area contributed by atoms with Gasteiger partial charge in [0.25, 0.3) is 0 Å². The van der Waals surface area contributed by atoms with E-state index in [1.165, 1.54) is 35.6 Å². The fourth-order valence-corrected chi connectivity index (χ4v) is 2.83. The van der Waals surface area contributed by atoms with Crippen LogP contribution in [0.5, 0.6) is 0 Å². The summed E-state index contributed by atoms with van der Waals surface area (Å²) in [6, 6.07) is 10.8. The molecule has 0 radical (unpaired) electrons. The highest BCUT2D eigenvalue weighted by Crippen LogP contribution is 2.22. The average molecular weight is 460 g/mol. The van der Waals surface area contributed by atoms with E-state index in [-0.39, 0.29) is 11.7 Å². The van der Waals surface area contributed by atoms with Gasteiger partial charge in [-0.3, -0.25) is 20.9 Å². The van der Waals surface area contributed by atoms with Crippen molar-refractivity contribution >= 4 is 45.6 Å². The summed E-state index contributed by atoms with van der Waals surface area (Å²) in [6.45, 7) is 0. The number of carbonyl (C=O) groups is 1. The second-order valence-electron chi connectivity index (χ2n) is 7.25. The first-order valence-corrected chi connectivity index (χ1v) is 9.50. The number of rotatable bonds is 6. The summed E-state index contributed by atoms with van der Waals surface area (Å²) in [5, 5.41) is 23.0. The average Bonchev–Trinajstić information content (AvgIpc) is 3.12. The standard InChI is InChI=1S/C21H20F3N7O2/c1-31(2)19(27)11-3-5-12(6-4-11)29-20(32)15(10-17(25)21(22,23)24)28-13-7-8-16-14(9-13)18(26)30-33-16/h3-10,25,27-28H,1-2H3,(H2,26,30)(H,29,32)/p+1/b15-10-,25-17?,27-19?. The van der Waals surface area contributed by atoms with E-state index in [1.807, 2.05) is 0 Å². The van der Waals surface area contributed by atoms with E-state index in [9.17, 15) is 18.0 Å². The number of hydrogen-bond donors (Lipinski definition) is 5. The van der Waals surface area contributed by atoms with E-state index >= 15 is 0 Å². The van der Waals surface area contributed by atoms with Gasteiger partial charge in [0.05, 0.1) is 5.39 Å². The maximum Gasteiger partial charge on any atom is 0.432 e. The van der Waals surface area contributed by atoms with Gasteiger partial charge < -0.3 is 20.5 Å². The zero-order valence-corrected chi connectivity index (χ0v) is 17.6. The molecule has 0 aliphatic heterocycles. The van der Waals surface area contributed by atoms with E-state index < -0.39 is 23.5 Å².